The van der Waals surface area contributed by atoms with Crippen molar-refractivity contribution < 1.29 is 4.79 Å². The Morgan fingerprint density at radius 3 is 3.12 bits per heavy atom. The van der Waals surface area contributed by atoms with E-state index in [9.17, 15) is 4.79 Å². The smallest absolute Gasteiger partial charge is 0.251 e. The van der Waals surface area contributed by atoms with Crippen molar-refractivity contribution >= 4 is 11.6 Å². The van der Waals surface area contributed by atoms with Crippen molar-refractivity contribution in [2.45, 2.75) is 13.0 Å². The zero-order valence-corrected chi connectivity index (χ0v) is 10.0. The number of amides is 1. The number of hydrogen-bond acceptors (Lipinski definition) is 3. The third-order valence-electron chi connectivity index (χ3n) is 3.66. The Balaban J connectivity index is 2.13. The first kappa shape index (κ1) is 10.6. The van der Waals surface area contributed by atoms with E-state index in [4.69, 9.17) is 0 Å². The molecule has 17 heavy (non-hydrogen) atoms. The first-order chi connectivity index (χ1) is 8.31. The molecule has 4 nitrogen and oxygen atoms in total. The highest BCUT2D eigenvalue weighted by Crippen LogP contribution is 2.35. The molecule has 2 N–H and O–H groups in total. The van der Waals surface area contributed by atoms with Crippen molar-refractivity contribution in [1.29, 1.82) is 0 Å². The predicted octanol–water partition coefficient (Wildman–Crippen LogP) is 0.512. The Morgan fingerprint density at radius 1 is 1.41 bits per heavy atom. The summed E-state index contributed by atoms with van der Waals surface area (Å²) in [6, 6.07) is 4.05. The molecular formula is C13H17N3O. The summed E-state index contributed by atoms with van der Waals surface area (Å²) >= 11 is 0. The van der Waals surface area contributed by atoms with Gasteiger partial charge in [0.2, 0.25) is 0 Å². The number of carbonyl (C=O) groups is 1. The molecule has 3 rings (SSSR count). The van der Waals surface area contributed by atoms with E-state index in [0.29, 0.717) is 0 Å². The van der Waals surface area contributed by atoms with E-state index in [-0.39, 0.29) is 5.91 Å². The summed E-state index contributed by atoms with van der Waals surface area (Å²) in [6.07, 6.45) is 0.992. The first-order valence-electron chi connectivity index (χ1n) is 6.14. The van der Waals surface area contributed by atoms with Crippen molar-refractivity contribution in [3.05, 3.63) is 28.8 Å². The molecule has 1 amide bonds. The lowest BCUT2D eigenvalue weighted by molar-refractivity contribution is 0.0962. The summed E-state index contributed by atoms with van der Waals surface area (Å²) in [4.78, 5) is 14.2. The fourth-order valence-corrected chi connectivity index (χ4v) is 2.84. The van der Waals surface area contributed by atoms with Gasteiger partial charge in [0.15, 0.2) is 0 Å². The SMILES string of the molecule is CNC(=O)c1ccc2c3c1CCN3CCNC2. The fraction of sp³-hybridized carbons (Fsp3) is 0.462. The van der Waals surface area contributed by atoms with Crippen LogP contribution in [0.2, 0.25) is 0 Å². The van der Waals surface area contributed by atoms with E-state index in [0.717, 1.165) is 38.2 Å². The molecule has 2 aliphatic rings. The predicted molar refractivity (Wildman–Crippen MR) is 67.5 cm³/mol. The molecule has 0 bridgehead atoms. The highest BCUT2D eigenvalue weighted by atomic mass is 16.1. The number of benzene rings is 1. The van der Waals surface area contributed by atoms with Crippen LogP contribution in [0.4, 0.5) is 5.69 Å². The number of anilines is 1. The highest BCUT2D eigenvalue weighted by molar-refractivity contribution is 5.97. The molecule has 2 aliphatic heterocycles. The second kappa shape index (κ2) is 4.04. The van der Waals surface area contributed by atoms with Crippen LogP contribution in [0.5, 0.6) is 0 Å². The maximum atomic E-state index is 11.8. The summed E-state index contributed by atoms with van der Waals surface area (Å²) in [5.41, 5.74) is 4.69. The molecule has 0 unspecified atom stereocenters. The zero-order chi connectivity index (χ0) is 11.8. The van der Waals surface area contributed by atoms with E-state index in [1.165, 1.54) is 16.8 Å². The lowest BCUT2D eigenvalue weighted by Gasteiger charge is -2.19. The molecule has 0 fully saturated rings. The van der Waals surface area contributed by atoms with E-state index < -0.39 is 0 Å². The number of carbonyl (C=O) groups excluding carboxylic acids is 1. The zero-order valence-electron chi connectivity index (χ0n) is 10.0. The maximum Gasteiger partial charge on any atom is 0.251 e. The molecule has 0 atom stereocenters. The normalized spacial score (nSPS) is 17.6. The van der Waals surface area contributed by atoms with Crippen molar-refractivity contribution in [3.8, 4) is 0 Å². The third kappa shape index (κ3) is 1.60. The summed E-state index contributed by atoms with van der Waals surface area (Å²) in [5, 5.41) is 6.14. The molecule has 0 aromatic heterocycles. The first-order valence-corrected chi connectivity index (χ1v) is 6.14. The second-order valence-corrected chi connectivity index (χ2v) is 4.59. The van der Waals surface area contributed by atoms with E-state index in [2.05, 4.69) is 21.6 Å². The van der Waals surface area contributed by atoms with Crippen LogP contribution < -0.4 is 15.5 Å². The van der Waals surface area contributed by atoms with Crippen molar-refractivity contribution in [2.24, 2.45) is 0 Å². The van der Waals surface area contributed by atoms with E-state index in [1.54, 1.807) is 7.05 Å². The number of nitrogens with zero attached hydrogens (tertiary/aromatic N) is 1. The van der Waals surface area contributed by atoms with Gasteiger partial charge in [-0.3, -0.25) is 4.79 Å². The van der Waals surface area contributed by atoms with Crippen LogP contribution >= 0.6 is 0 Å². The Hall–Kier alpha value is -1.55. The summed E-state index contributed by atoms with van der Waals surface area (Å²) < 4.78 is 0. The van der Waals surface area contributed by atoms with Gasteiger partial charge in [-0.05, 0) is 23.6 Å². The number of rotatable bonds is 1. The molecule has 1 aromatic carbocycles. The van der Waals surface area contributed by atoms with Crippen LogP contribution in [0.3, 0.4) is 0 Å². The van der Waals surface area contributed by atoms with Crippen molar-refractivity contribution in [3.63, 3.8) is 0 Å². The second-order valence-electron chi connectivity index (χ2n) is 4.59. The Kier molecular flexibility index (Phi) is 2.52. The molecule has 1 aromatic rings. The topological polar surface area (TPSA) is 44.4 Å². The molecule has 0 saturated heterocycles. The van der Waals surface area contributed by atoms with Gasteiger partial charge in [-0.2, -0.15) is 0 Å². The molecule has 0 aliphatic carbocycles. The molecule has 0 spiro atoms. The number of hydrogen-bond donors (Lipinski definition) is 2. The molecular weight excluding hydrogens is 214 g/mol. The molecule has 2 heterocycles. The van der Waals surface area contributed by atoms with Crippen LogP contribution in [-0.4, -0.2) is 32.6 Å². The average Bonchev–Trinajstić information content (AvgIpc) is 2.66. The van der Waals surface area contributed by atoms with Crippen LogP contribution in [0.25, 0.3) is 0 Å². The third-order valence-corrected chi connectivity index (χ3v) is 3.66. The minimum atomic E-state index is 0.0295. The van der Waals surface area contributed by atoms with Crippen LogP contribution in [0.15, 0.2) is 12.1 Å². The summed E-state index contributed by atoms with van der Waals surface area (Å²) in [5.74, 6) is 0.0295. The Labute approximate surface area is 101 Å². The summed E-state index contributed by atoms with van der Waals surface area (Å²) in [6.45, 7) is 4.01. The maximum absolute atomic E-state index is 11.8. The minimum absolute atomic E-state index is 0.0295. The van der Waals surface area contributed by atoms with Crippen molar-refractivity contribution in [2.75, 3.05) is 31.6 Å². The van der Waals surface area contributed by atoms with E-state index >= 15 is 0 Å². The fourth-order valence-electron chi connectivity index (χ4n) is 2.84. The average molecular weight is 231 g/mol. The van der Waals surface area contributed by atoms with Gasteiger partial charge in [-0.1, -0.05) is 6.07 Å². The molecule has 90 valence electrons. The summed E-state index contributed by atoms with van der Waals surface area (Å²) in [7, 11) is 1.69. The Bertz CT molecular complexity index is 470. The minimum Gasteiger partial charge on any atom is -0.369 e. The van der Waals surface area contributed by atoms with Gasteiger partial charge in [0.25, 0.3) is 5.91 Å². The molecule has 4 heteroatoms. The van der Waals surface area contributed by atoms with Gasteiger partial charge < -0.3 is 15.5 Å². The molecule has 0 radical (unpaired) electrons. The Morgan fingerprint density at radius 2 is 2.29 bits per heavy atom. The van der Waals surface area contributed by atoms with Gasteiger partial charge in [-0.25, -0.2) is 0 Å². The van der Waals surface area contributed by atoms with Gasteiger partial charge >= 0.3 is 0 Å². The largest absolute Gasteiger partial charge is 0.369 e. The number of nitrogens with one attached hydrogen (secondary N) is 2. The lowest BCUT2D eigenvalue weighted by Crippen LogP contribution is -2.27. The van der Waals surface area contributed by atoms with Crippen LogP contribution in [0, 0.1) is 0 Å². The van der Waals surface area contributed by atoms with Crippen LogP contribution in [-0.2, 0) is 13.0 Å². The quantitative estimate of drug-likeness (QED) is 0.740. The van der Waals surface area contributed by atoms with Gasteiger partial charge in [0.1, 0.15) is 0 Å². The molecule has 0 saturated carbocycles. The monoisotopic (exact) mass is 231 g/mol. The standard InChI is InChI=1S/C13H17N3O/c1-14-13(17)11-3-2-9-8-15-5-7-16-6-4-10(11)12(9)16/h2-3,15H,4-8H2,1H3,(H,14,17). The van der Waals surface area contributed by atoms with Gasteiger partial charge in [-0.15, -0.1) is 0 Å². The van der Waals surface area contributed by atoms with Gasteiger partial charge in [0.05, 0.1) is 0 Å². The van der Waals surface area contributed by atoms with Crippen molar-refractivity contribution in [1.82, 2.24) is 10.6 Å². The lowest BCUT2D eigenvalue weighted by atomic mass is 10.00. The van der Waals surface area contributed by atoms with Crippen LogP contribution in [0.1, 0.15) is 21.5 Å². The van der Waals surface area contributed by atoms with Gasteiger partial charge in [0, 0.05) is 44.5 Å². The van der Waals surface area contributed by atoms with E-state index in [1.807, 2.05) is 6.07 Å². The highest BCUT2D eigenvalue weighted by Gasteiger charge is 2.27.